The maximum absolute atomic E-state index is 13.3. The maximum Gasteiger partial charge on any atom is 0.368 e. The first-order valence-electron chi connectivity index (χ1n) is 7.65. The number of hydrogen-bond donors (Lipinski definition) is 1. The smallest absolute Gasteiger partial charge is 0.303 e. The van der Waals surface area contributed by atoms with Crippen LogP contribution in [-0.4, -0.2) is 17.8 Å². The number of anilines is 1. The molecule has 0 amide bonds. The lowest BCUT2D eigenvalue weighted by atomic mass is 10.2. The van der Waals surface area contributed by atoms with Crippen LogP contribution in [0.2, 0.25) is 5.02 Å². The van der Waals surface area contributed by atoms with Gasteiger partial charge in [0.25, 0.3) is 0 Å². The van der Waals surface area contributed by atoms with E-state index in [-0.39, 0.29) is 0 Å². The van der Waals surface area contributed by atoms with Crippen LogP contribution in [0.15, 0.2) is 48.5 Å². The molecule has 2 aromatic carbocycles. The molecule has 1 saturated heterocycles. The Balaban J connectivity index is 1.81. The topological polar surface area (TPSA) is 41.6 Å². The van der Waals surface area contributed by atoms with Gasteiger partial charge in [0.1, 0.15) is 0 Å². The fourth-order valence-electron chi connectivity index (χ4n) is 2.57. The third-order valence-electron chi connectivity index (χ3n) is 3.88. The van der Waals surface area contributed by atoms with Gasteiger partial charge in [-0.2, -0.15) is 0 Å². The van der Waals surface area contributed by atoms with Crippen LogP contribution < -0.4 is 5.09 Å². The summed E-state index contributed by atoms with van der Waals surface area (Å²) in [5, 5.41) is 3.84. The first-order chi connectivity index (χ1) is 11.1. The number of para-hydroxylation sites is 1. The fourth-order valence-corrected chi connectivity index (χ4v) is 4.76. The van der Waals surface area contributed by atoms with E-state index in [1.807, 2.05) is 60.1 Å². The van der Waals surface area contributed by atoms with Crippen LogP contribution in [0.3, 0.4) is 0 Å². The highest BCUT2D eigenvalue weighted by Crippen LogP contribution is 2.53. The van der Waals surface area contributed by atoms with Crippen molar-refractivity contribution in [2.24, 2.45) is 0 Å². The molecule has 1 aliphatic heterocycles. The first kappa shape index (κ1) is 16.5. The summed E-state index contributed by atoms with van der Waals surface area (Å²) < 4.78 is 20.9. The normalized spacial score (nSPS) is 22.0. The van der Waals surface area contributed by atoms with Crippen molar-refractivity contribution in [2.75, 3.05) is 18.2 Å². The second-order valence-corrected chi connectivity index (χ2v) is 8.17. The molecule has 0 radical (unpaired) electrons. The molecule has 0 aromatic heterocycles. The van der Waals surface area contributed by atoms with Crippen molar-refractivity contribution in [1.29, 1.82) is 0 Å². The third-order valence-corrected chi connectivity index (χ3v) is 6.28. The molecule has 1 unspecified atom stereocenters. The molecule has 0 spiro atoms. The van der Waals surface area contributed by atoms with Crippen molar-refractivity contribution in [3.8, 4) is 0 Å². The Hall–Kier alpha value is -1.32. The van der Waals surface area contributed by atoms with E-state index in [0.717, 1.165) is 29.8 Å². The monoisotopic (exact) mass is 350 g/mol. The predicted molar refractivity (Wildman–Crippen MR) is 94.8 cm³/mol. The number of hydrogen-bond acceptors (Lipinski definition) is 2. The van der Waals surface area contributed by atoms with E-state index in [0.29, 0.717) is 18.2 Å². The van der Waals surface area contributed by atoms with Gasteiger partial charge >= 0.3 is 7.67 Å². The van der Waals surface area contributed by atoms with Crippen molar-refractivity contribution in [2.45, 2.75) is 19.9 Å². The summed E-state index contributed by atoms with van der Waals surface area (Å²) in [6.07, 6.45) is 0.868. The van der Waals surface area contributed by atoms with Crippen molar-refractivity contribution in [3.63, 3.8) is 0 Å². The molecule has 122 valence electrons. The van der Waals surface area contributed by atoms with Gasteiger partial charge in [-0.3, -0.25) is 0 Å². The first-order valence-corrected chi connectivity index (χ1v) is 9.61. The molecule has 0 aliphatic carbocycles. The number of nitrogens with one attached hydrogen (secondary N) is 1. The summed E-state index contributed by atoms with van der Waals surface area (Å²) >= 11 is 5.93. The molecule has 3 rings (SSSR count). The second kappa shape index (κ2) is 7.06. The molecule has 4 nitrogen and oxygen atoms in total. The van der Waals surface area contributed by atoms with Crippen LogP contribution in [0.5, 0.6) is 0 Å². The van der Waals surface area contributed by atoms with Crippen LogP contribution in [0.25, 0.3) is 0 Å². The Kier molecular flexibility index (Phi) is 5.08. The average Bonchev–Trinajstić information content (AvgIpc) is 2.54. The van der Waals surface area contributed by atoms with Crippen LogP contribution in [0, 0.1) is 6.92 Å². The van der Waals surface area contributed by atoms with E-state index >= 15 is 0 Å². The van der Waals surface area contributed by atoms with Gasteiger partial charge in [-0.05, 0) is 42.7 Å². The number of aryl methyl sites for hydroxylation is 1. The summed E-state index contributed by atoms with van der Waals surface area (Å²) in [7, 11) is -3.10. The fraction of sp³-hybridized carbons (Fsp3) is 0.294. The van der Waals surface area contributed by atoms with E-state index in [4.69, 9.17) is 16.1 Å². The number of benzene rings is 2. The van der Waals surface area contributed by atoms with Gasteiger partial charge in [-0.1, -0.05) is 41.9 Å². The zero-order valence-corrected chi connectivity index (χ0v) is 14.7. The molecule has 6 heteroatoms. The minimum absolute atomic E-state index is 0.507. The van der Waals surface area contributed by atoms with Gasteiger partial charge in [0.2, 0.25) is 0 Å². The van der Waals surface area contributed by atoms with Crippen molar-refractivity contribution < 1.29 is 9.09 Å². The molecular formula is C17H20ClN2O2P. The van der Waals surface area contributed by atoms with Crippen LogP contribution >= 0.6 is 19.3 Å². The Morgan fingerprint density at radius 1 is 1.22 bits per heavy atom. The maximum atomic E-state index is 13.3. The molecule has 1 N–H and O–H groups in total. The Morgan fingerprint density at radius 3 is 2.70 bits per heavy atom. The van der Waals surface area contributed by atoms with E-state index in [1.54, 1.807) is 0 Å². The van der Waals surface area contributed by atoms with Gasteiger partial charge in [0.15, 0.2) is 0 Å². The molecular weight excluding hydrogens is 331 g/mol. The average molecular weight is 351 g/mol. The van der Waals surface area contributed by atoms with Gasteiger partial charge in [-0.15, -0.1) is 0 Å². The lowest BCUT2D eigenvalue weighted by Crippen LogP contribution is -2.31. The zero-order chi connectivity index (χ0) is 16.3. The molecule has 2 aromatic rings. The van der Waals surface area contributed by atoms with E-state index in [2.05, 4.69) is 5.09 Å². The number of nitrogens with zero attached hydrogens (tertiary/aromatic N) is 1. The number of halogens is 1. The molecule has 0 bridgehead atoms. The van der Waals surface area contributed by atoms with Gasteiger partial charge in [0.05, 0.1) is 6.61 Å². The molecule has 1 atom stereocenters. The SMILES string of the molecule is Cc1ccccc1NP1(=O)OCCCN1Cc1ccc(Cl)cc1. The van der Waals surface area contributed by atoms with Crippen LogP contribution in [0.4, 0.5) is 5.69 Å². The summed E-state index contributed by atoms with van der Waals surface area (Å²) in [4.78, 5) is 0. The molecule has 1 heterocycles. The van der Waals surface area contributed by atoms with E-state index < -0.39 is 7.67 Å². The van der Waals surface area contributed by atoms with Crippen LogP contribution in [0.1, 0.15) is 17.5 Å². The summed E-state index contributed by atoms with van der Waals surface area (Å²) in [5.74, 6) is 0. The third kappa shape index (κ3) is 3.96. The highest BCUT2D eigenvalue weighted by atomic mass is 35.5. The standard InChI is InChI=1S/C17H20ClN2O2P/c1-14-5-2-3-6-17(14)19-23(21)20(11-4-12-22-23)13-15-7-9-16(18)10-8-15/h2-3,5-10H,4,11-13H2,1H3,(H,19,21). The summed E-state index contributed by atoms with van der Waals surface area (Å²) in [5.41, 5.74) is 2.95. The van der Waals surface area contributed by atoms with Crippen LogP contribution in [-0.2, 0) is 15.6 Å². The minimum Gasteiger partial charge on any atom is -0.303 e. The second-order valence-electron chi connectivity index (χ2n) is 5.65. The lowest BCUT2D eigenvalue weighted by Gasteiger charge is -2.35. The van der Waals surface area contributed by atoms with Gasteiger partial charge < -0.3 is 9.61 Å². The van der Waals surface area contributed by atoms with Crippen molar-refractivity contribution >= 4 is 25.0 Å². The summed E-state index contributed by atoms with van der Waals surface area (Å²) in [6.45, 7) is 3.79. The summed E-state index contributed by atoms with van der Waals surface area (Å²) in [6, 6.07) is 15.4. The lowest BCUT2D eigenvalue weighted by molar-refractivity contribution is 0.206. The Morgan fingerprint density at radius 2 is 1.96 bits per heavy atom. The van der Waals surface area contributed by atoms with E-state index in [1.165, 1.54) is 0 Å². The minimum atomic E-state index is -3.10. The molecule has 1 fully saturated rings. The predicted octanol–water partition coefficient (Wildman–Crippen LogP) is 5.09. The Labute approximate surface area is 142 Å². The van der Waals surface area contributed by atoms with Crippen molar-refractivity contribution in [1.82, 2.24) is 4.67 Å². The quantitative estimate of drug-likeness (QED) is 0.780. The number of rotatable bonds is 4. The molecule has 1 aliphatic rings. The zero-order valence-electron chi connectivity index (χ0n) is 13.0. The van der Waals surface area contributed by atoms with Gasteiger partial charge in [-0.25, -0.2) is 9.24 Å². The van der Waals surface area contributed by atoms with E-state index in [9.17, 15) is 4.57 Å². The molecule has 0 saturated carbocycles. The van der Waals surface area contributed by atoms with Crippen molar-refractivity contribution in [3.05, 3.63) is 64.7 Å². The highest BCUT2D eigenvalue weighted by Gasteiger charge is 2.35. The highest BCUT2D eigenvalue weighted by molar-refractivity contribution is 7.58. The van der Waals surface area contributed by atoms with Gasteiger partial charge in [0, 0.05) is 23.8 Å². The molecule has 23 heavy (non-hydrogen) atoms. The Bertz CT molecular complexity index is 721. The largest absolute Gasteiger partial charge is 0.368 e.